The van der Waals surface area contributed by atoms with Crippen LogP contribution in [0.1, 0.15) is 19.3 Å². The fourth-order valence-corrected chi connectivity index (χ4v) is 1.50. The predicted molar refractivity (Wildman–Crippen MR) is 72.4 cm³/mol. The second-order valence-corrected chi connectivity index (χ2v) is 4.26. The van der Waals surface area contributed by atoms with E-state index < -0.39 is 12.1 Å². The van der Waals surface area contributed by atoms with Crippen LogP contribution in [-0.4, -0.2) is 41.3 Å². The summed E-state index contributed by atoms with van der Waals surface area (Å²) >= 11 is 0. The molecule has 20 heavy (non-hydrogen) atoms. The Labute approximate surface area is 117 Å². The van der Waals surface area contributed by atoms with Crippen molar-refractivity contribution in [2.75, 3.05) is 13.2 Å². The molecule has 0 heterocycles. The standard InChI is InChI=1S/C14H19NO5/c16-12(14(18)19)8-9-15-13(17)7-4-10-20-11-5-2-1-3-6-11/h1-3,5-6,12,16H,4,7-10H2,(H,15,17)(H,18,19)/t12-/m0/s1. The molecule has 0 spiro atoms. The van der Waals surface area contributed by atoms with E-state index in [4.69, 9.17) is 14.9 Å². The molecule has 0 fully saturated rings. The number of aliphatic carboxylic acids is 1. The van der Waals surface area contributed by atoms with Crippen LogP contribution in [0.3, 0.4) is 0 Å². The van der Waals surface area contributed by atoms with Crippen molar-refractivity contribution in [3.05, 3.63) is 30.3 Å². The van der Waals surface area contributed by atoms with Crippen LogP contribution >= 0.6 is 0 Å². The van der Waals surface area contributed by atoms with Crippen molar-refractivity contribution in [2.24, 2.45) is 0 Å². The van der Waals surface area contributed by atoms with Gasteiger partial charge in [-0.15, -0.1) is 0 Å². The SMILES string of the molecule is O=C(CCCOc1ccccc1)NCC[C@H](O)C(=O)O. The number of aliphatic hydroxyl groups is 1. The van der Waals surface area contributed by atoms with E-state index in [0.29, 0.717) is 19.4 Å². The first-order valence-electron chi connectivity index (χ1n) is 6.45. The summed E-state index contributed by atoms with van der Waals surface area (Å²) in [5.74, 6) is -0.702. The maximum atomic E-state index is 11.4. The highest BCUT2D eigenvalue weighted by atomic mass is 16.5. The molecular formula is C14H19NO5. The molecule has 0 saturated heterocycles. The zero-order valence-corrected chi connectivity index (χ0v) is 11.1. The van der Waals surface area contributed by atoms with Crippen LogP contribution in [0, 0.1) is 0 Å². The fourth-order valence-electron chi connectivity index (χ4n) is 1.50. The monoisotopic (exact) mass is 281 g/mol. The second-order valence-electron chi connectivity index (χ2n) is 4.26. The summed E-state index contributed by atoms with van der Waals surface area (Å²) < 4.78 is 5.43. The lowest BCUT2D eigenvalue weighted by atomic mass is 10.2. The van der Waals surface area contributed by atoms with E-state index in [1.807, 2.05) is 30.3 Å². The molecule has 0 unspecified atom stereocenters. The van der Waals surface area contributed by atoms with E-state index in [1.165, 1.54) is 0 Å². The smallest absolute Gasteiger partial charge is 0.332 e. The fraction of sp³-hybridized carbons (Fsp3) is 0.429. The van der Waals surface area contributed by atoms with Crippen molar-refractivity contribution in [3.8, 4) is 5.75 Å². The van der Waals surface area contributed by atoms with Crippen molar-refractivity contribution in [1.82, 2.24) is 5.32 Å². The molecule has 6 heteroatoms. The van der Waals surface area contributed by atoms with Gasteiger partial charge in [0.1, 0.15) is 5.75 Å². The largest absolute Gasteiger partial charge is 0.494 e. The lowest BCUT2D eigenvalue weighted by Gasteiger charge is -2.08. The van der Waals surface area contributed by atoms with Gasteiger partial charge in [0.2, 0.25) is 5.91 Å². The van der Waals surface area contributed by atoms with Crippen molar-refractivity contribution < 1.29 is 24.5 Å². The van der Waals surface area contributed by atoms with Gasteiger partial charge in [-0.05, 0) is 18.6 Å². The van der Waals surface area contributed by atoms with E-state index >= 15 is 0 Å². The van der Waals surface area contributed by atoms with Crippen molar-refractivity contribution in [1.29, 1.82) is 0 Å². The quantitative estimate of drug-likeness (QED) is 0.582. The first-order chi connectivity index (χ1) is 9.59. The van der Waals surface area contributed by atoms with Gasteiger partial charge in [-0.3, -0.25) is 4.79 Å². The minimum absolute atomic E-state index is 0.00158. The van der Waals surface area contributed by atoms with Gasteiger partial charge < -0.3 is 20.3 Å². The number of hydrogen-bond acceptors (Lipinski definition) is 4. The zero-order valence-electron chi connectivity index (χ0n) is 11.1. The molecule has 3 N–H and O–H groups in total. The topological polar surface area (TPSA) is 95.9 Å². The van der Waals surface area contributed by atoms with Crippen LogP contribution in [-0.2, 0) is 9.59 Å². The number of aliphatic hydroxyl groups excluding tert-OH is 1. The Morgan fingerprint density at radius 3 is 2.60 bits per heavy atom. The number of carboxylic acid groups (broad SMARTS) is 1. The molecule has 1 aromatic rings. The summed E-state index contributed by atoms with van der Waals surface area (Å²) in [6.07, 6.45) is -0.559. The maximum Gasteiger partial charge on any atom is 0.332 e. The van der Waals surface area contributed by atoms with Crippen LogP contribution in [0.25, 0.3) is 0 Å². The van der Waals surface area contributed by atoms with Crippen LogP contribution < -0.4 is 10.1 Å². The number of carboxylic acids is 1. The van der Waals surface area contributed by atoms with E-state index in [9.17, 15) is 9.59 Å². The van der Waals surface area contributed by atoms with Crippen molar-refractivity contribution in [3.63, 3.8) is 0 Å². The van der Waals surface area contributed by atoms with Gasteiger partial charge >= 0.3 is 5.97 Å². The Hall–Kier alpha value is -2.08. The molecule has 6 nitrogen and oxygen atoms in total. The van der Waals surface area contributed by atoms with Gasteiger partial charge in [-0.25, -0.2) is 4.79 Å². The van der Waals surface area contributed by atoms with E-state index in [-0.39, 0.29) is 18.9 Å². The van der Waals surface area contributed by atoms with Gasteiger partial charge in [-0.1, -0.05) is 18.2 Å². The van der Waals surface area contributed by atoms with E-state index in [1.54, 1.807) is 0 Å². The molecule has 0 aromatic heterocycles. The summed E-state index contributed by atoms with van der Waals surface area (Å²) in [6.45, 7) is 0.584. The van der Waals surface area contributed by atoms with Crippen molar-refractivity contribution in [2.45, 2.75) is 25.4 Å². The minimum atomic E-state index is -1.43. The predicted octanol–water partition coefficient (Wildman–Crippen LogP) is 0.797. The number of rotatable bonds is 9. The zero-order chi connectivity index (χ0) is 14.8. The van der Waals surface area contributed by atoms with Gasteiger partial charge in [0.15, 0.2) is 6.10 Å². The summed E-state index contributed by atoms with van der Waals surface area (Å²) in [6, 6.07) is 9.32. The highest BCUT2D eigenvalue weighted by Gasteiger charge is 2.12. The Balaban J connectivity index is 2.04. The lowest BCUT2D eigenvalue weighted by molar-refractivity contribution is -0.147. The molecule has 0 saturated carbocycles. The Kier molecular flexibility index (Phi) is 7.13. The summed E-state index contributed by atoms with van der Waals surface area (Å²) in [5.41, 5.74) is 0. The second kappa shape index (κ2) is 8.92. The van der Waals surface area contributed by atoms with Crippen molar-refractivity contribution >= 4 is 11.9 Å². The number of carbonyl (C=O) groups excluding carboxylic acids is 1. The number of nitrogens with one attached hydrogen (secondary N) is 1. The number of carbonyl (C=O) groups is 2. The van der Waals surface area contributed by atoms with Gasteiger partial charge in [0.25, 0.3) is 0 Å². The molecule has 0 bridgehead atoms. The highest BCUT2D eigenvalue weighted by molar-refractivity contribution is 5.76. The third kappa shape index (κ3) is 6.75. The number of para-hydroxylation sites is 1. The Bertz CT molecular complexity index is 421. The molecule has 0 aliphatic carbocycles. The van der Waals surface area contributed by atoms with Gasteiger partial charge in [0.05, 0.1) is 6.61 Å². The maximum absolute atomic E-state index is 11.4. The van der Waals surface area contributed by atoms with Gasteiger partial charge in [-0.2, -0.15) is 0 Å². The number of hydrogen-bond donors (Lipinski definition) is 3. The molecule has 1 atom stereocenters. The number of amides is 1. The lowest BCUT2D eigenvalue weighted by Crippen LogP contribution is -2.30. The molecule has 110 valence electrons. The van der Waals surface area contributed by atoms with E-state index in [2.05, 4.69) is 5.32 Å². The minimum Gasteiger partial charge on any atom is -0.494 e. The first-order valence-corrected chi connectivity index (χ1v) is 6.45. The Morgan fingerprint density at radius 2 is 1.95 bits per heavy atom. The van der Waals surface area contributed by atoms with Crippen LogP contribution in [0.5, 0.6) is 5.75 Å². The third-order valence-corrected chi connectivity index (χ3v) is 2.59. The molecule has 1 rings (SSSR count). The summed E-state index contributed by atoms with van der Waals surface area (Å²) in [7, 11) is 0. The normalized spacial score (nSPS) is 11.7. The third-order valence-electron chi connectivity index (χ3n) is 2.59. The first kappa shape index (κ1) is 16.0. The Morgan fingerprint density at radius 1 is 1.25 bits per heavy atom. The summed E-state index contributed by atoms with van der Waals surface area (Å²) in [5, 5.41) is 20.0. The average Bonchev–Trinajstić information content (AvgIpc) is 2.44. The van der Waals surface area contributed by atoms with E-state index in [0.717, 1.165) is 5.75 Å². The highest BCUT2D eigenvalue weighted by Crippen LogP contribution is 2.08. The molecule has 0 radical (unpaired) electrons. The molecule has 1 aromatic carbocycles. The molecule has 1 amide bonds. The molecule has 0 aliphatic heterocycles. The average molecular weight is 281 g/mol. The molecule has 0 aliphatic rings. The molecular weight excluding hydrogens is 262 g/mol. The van der Waals surface area contributed by atoms with Crippen LogP contribution in [0.2, 0.25) is 0 Å². The summed E-state index contributed by atoms with van der Waals surface area (Å²) in [4.78, 5) is 21.8. The number of ether oxygens (including phenoxy) is 1. The number of benzene rings is 1. The van der Waals surface area contributed by atoms with Crippen LogP contribution in [0.4, 0.5) is 0 Å². The van der Waals surface area contributed by atoms with Crippen LogP contribution in [0.15, 0.2) is 30.3 Å². The van der Waals surface area contributed by atoms with Gasteiger partial charge in [0, 0.05) is 19.4 Å².